The Morgan fingerprint density at radius 3 is 2.59 bits per heavy atom. The molecule has 0 N–H and O–H groups in total. The van der Waals surface area contributed by atoms with Crippen LogP contribution in [0.3, 0.4) is 0 Å². The lowest BCUT2D eigenvalue weighted by Crippen LogP contribution is -2.05. The molecule has 1 heterocycles. The fourth-order valence-electron chi connectivity index (χ4n) is 1.63. The maximum atomic E-state index is 12.6. The molecule has 0 fully saturated rings. The van der Waals surface area contributed by atoms with Gasteiger partial charge in [-0.15, -0.1) is 0 Å². The lowest BCUT2D eigenvalue weighted by molar-refractivity contribution is -0.137. The van der Waals surface area contributed by atoms with Gasteiger partial charge in [-0.3, -0.25) is 0 Å². The second-order valence-corrected chi connectivity index (χ2v) is 4.23. The van der Waals surface area contributed by atoms with Crippen molar-refractivity contribution < 1.29 is 27.4 Å². The van der Waals surface area contributed by atoms with Gasteiger partial charge in [-0.25, -0.2) is 9.78 Å². The molecule has 0 aliphatic carbocycles. The van der Waals surface area contributed by atoms with Crippen LogP contribution in [0.2, 0.25) is 0 Å². The second kappa shape index (κ2) is 6.46. The van der Waals surface area contributed by atoms with Gasteiger partial charge in [-0.1, -0.05) is 6.07 Å². The van der Waals surface area contributed by atoms with Crippen LogP contribution >= 0.6 is 0 Å². The molecule has 0 amide bonds. The van der Waals surface area contributed by atoms with Crippen LogP contribution in [0.25, 0.3) is 0 Å². The van der Waals surface area contributed by atoms with Gasteiger partial charge < -0.3 is 9.47 Å². The summed E-state index contributed by atoms with van der Waals surface area (Å²) in [5.41, 5.74) is -0.577. The normalized spacial score (nSPS) is 11.1. The maximum absolute atomic E-state index is 12.6. The number of benzene rings is 1. The Hall–Kier alpha value is -2.57. The van der Waals surface area contributed by atoms with Crippen molar-refractivity contribution in [3.63, 3.8) is 0 Å². The average Bonchev–Trinajstić information content (AvgIpc) is 2.48. The first-order chi connectivity index (χ1) is 10.4. The fraction of sp³-hybridized carbons (Fsp3) is 0.200. The minimum Gasteiger partial charge on any atom is -0.462 e. The average molecular weight is 311 g/mol. The third kappa shape index (κ3) is 3.97. The van der Waals surface area contributed by atoms with E-state index in [4.69, 9.17) is 9.47 Å². The van der Waals surface area contributed by atoms with E-state index in [2.05, 4.69) is 4.98 Å². The van der Waals surface area contributed by atoms with E-state index in [0.29, 0.717) is 0 Å². The van der Waals surface area contributed by atoms with Gasteiger partial charge in [0.05, 0.1) is 17.7 Å². The Balaban J connectivity index is 2.13. The first-order valence-electron chi connectivity index (χ1n) is 6.38. The predicted octanol–water partition coefficient (Wildman–Crippen LogP) is 4.07. The van der Waals surface area contributed by atoms with E-state index >= 15 is 0 Å². The van der Waals surface area contributed by atoms with Gasteiger partial charge in [0.1, 0.15) is 5.75 Å². The SMILES string of the molecule is CCOC(=O)c1ccc(Oc2cccc(C(F)(F)F)c2)nc1. The molecular weight excluding hydrogens is 299 g/mol. The molecule has 1 aromatic heterocycles. The number of aromatic nitrogens is 1. The van der Waals surface area contributed by atoms with Crippen molar-refractivity contribution in [2.75, 3.05) is 6.61 Å². The number of alkyl halides is 3. The number of ether oxygens (including phenoxy) is 2. The standard InChI is InChI=1S/C15H12F3NO3/c1-2-21-14(20)10-6-7-13(19-9-10)22-12-5-3-4-11(8-12)15(16,17)18/h3-9H,2H2,1H3. The largest absolute Gasteiger partial charge is 0.462 e. The number of hydrogen-bond donors (Lipinski definition) is 0. The highest BCUT2D eigenvalue weighted by molar-refractivity contribution is 5.89. The zero-order valence-electron chi connectivity index (χ0n) is 11.6. The van der Waals surface area contributed by atoms with Crippen molar-refractivity contribution in [1.29, 1.82) is 0 Å². The predicted molar refractivity (Wildman–Crippen MR) is 71.7 cm³/mol. The number of rotatable bonds is 4. The third-order valence-electron chi connectivity index (χ3n) is 2.63. The van der Waals surface area contributed by atoms with Crippen LogP contribution in [-0.4, -0.2) is 17.6 Å². The Bertz CT molecular complexity index is 654. The van der Waals surface area contributed by atoms with Gasteiger partial charge in [-0.05, 0) is 31.2 Å². The van der Waals surface area contributed by atoms with Crippen LogP contribution in [0.1, 0.15) is 22.8 Å². The van der Waals surface area contributed by atoms with Gasteiger partial charge >= 0.3 is 12.1 Å². The molecule has 0 radical (unpaired) electrons. The molecule has 0 atom stereocenters. The van der Waals surface area contributed by atoms with Crippen LogP contribution in [0, 0.1) is 0 Å². The lowest BCUT2D eigenvalue weighted by Gasteiger charge is -2.09. The highest BCUT2D eigenvalue weighted by Crippen LogP contribution is 2.32. The summed E-state index contributed by atoms with van der Waals surface area (Å²) >= 11 is 0. The summed E-state index contributed by atoms with van der Waals surface area (Å²) in [6, 6.07) is 7.26. The summed E-state index contributed by atoms with van der Waals surface area (Å²) in [7, 11) is 0. The summed E-state index contributed by atoms with van der Waals surface area (Å²) in [6.45, 7) is 1.91. The van der Waals surface area contributed by atoms with E-state index in [9.17, 15) is 18.0 Å². The highest BCUT2D eigenvalue weighted by Gasteiger charge is 2.30. The van der Waals surface area contributed by atoms with Gasteiger partial charge in [0.25, 0.3) is 0 Å². The van der Waals surface area contributed by atoms with Crippen molar-refractivity contribution in [1.82, 2.24) is 4.98 Å². The van der Waals surface area contributed by atoms with Gasteiger partial charge in [0.2, 0.25) is 5.88 Å². The van der Waals surface area contributed by atoms with Crippen LogP contribution < -0.4 is 4.74 Å². The Morgan fingerprint density at radius 1 is 1.23 bits per heavy atom. The summed E-state index contributed by atoms with van der Waals surface area (Å²) in [5.74, 6) is -0.445. The van der Waals surface area contributed by atoms with E-state index < -0.39 is 17.7 Å². The molecule has 0 unspecified atom stereocenters. The van der Waals surface area contributed by atoms with Crippen LogP contribution in [0.15, 0.2) is 42.6 Å². The lowest BCUT2D eigenvalue weighted by atomic mass is 10.2. The number of hydrogen-bond acceptors (Lipinski definition) is 4. The van der Waals surface area contributed by atoms with E-state index in [-0.39, 0.29) is 23.8 Å². The van der Waals surface area contributed by atoms with Crippen LogP contribution in [0.4, 0.5) is 13.2 Å². The fourth-order valence-corrected chi connectivity index (χ4v) is 1.63. The topological polar surface area (TPSA) is 48.4 Å². The van der Waals surface area contributed by atoms with Crippen molar-refractivity contribution in [3.8, 4) is 11.6 Å². The molecule has 22 heavy (non-hydrogen) atoms. The van der Waals surface area contributed by atoms with E-state index in [1.807, 2.05) is 0 Å². The summed E-state index contributed by atoms with van der Waals surface area (Å²) in [5, 5.41) is 0. The molecule has 2 rings (SSSR count). The second-order valence-electron chi connectivity index (χ2n) is 4.23. The third-order valence-corrected chi connectivity index (χ3v) is 2.63. The van der Waals surface area contributed by atoms with Crippen molar-refractivity contribution in [2.45, 2.75) is 13.1 Å². The molecule has 1 aromatic carbocycles. The first kappa shape index (κ1) is 15.8. The number of carbonyl (C=O) groups is 1. The summed E-state index contributed by atoms with van der Waals surface area (Å²) in [4.78, 5) is 15.3. The minimum absolute atomic E-state index is 0.00575. The van der Waals surface area contributed by atoms with E-state index in [1.165, 1.54) is 30.5 Å². The smallest absolute Gasteiger partial charge is 0.416 e. The molecule has 0 aliphatic rings. The van der Waals surface area contributed by atoms with Crippen molar-refractivity contribution >= 4 is 5.97 Å². The number of pyridine rings is 1. The number of halogens is 3. The molecular formula is C15H12F3NO3. The Morgan fingerprint density at radius 2 is 2.00 bits per heavy atom. The van der Waals surface area contributed by atoms with E-state index in [1.54, 1.807) is 6.92 Å². The summed E-state index contributed by atoms with van der Waals surface area (Å²) in [6.07, 6.45) is -3.21. The van der Waals surface area contributed by atoms with Crippen LogP contribution in [-0.2, 0) is 10.9 Å². The molecule has 0 aliphatic heterocycles. The molecule has 7 heteroatoms. The molecule has 116 valence electrons. The van der Waals surface area contributed by atoms with Crippen molar-refractivity contribution in [3.05, 3.63) is 53.7 Å². The minimum atomic E-state index is -4.44. The quantitative estimate of drug-likeness (QED) is 0.799. The number of carbonyl (C=O) groups excluding carboxylic acids is 1. The summed E-state index contributed by atoms with van der Waals surface area (Å²) < 4.78 is 47.8. The van der Waals surface area contributed by atoms with Crippen molar-refractivity contribution in [2.24, 2.45) is 0 Å². The molecule has 0 saturated heterocycles. The van der Waals surface area contributed by atoms with E-state index in [0.717, 1.165) is 12.1 Å². The molecule has 0 bridgehead atoms. The van der Waals surface area contributed by atoms with Gasteiger partial charge in [0, 0.05) is 12.3 Å². The Labute approximate surface area is 124 Å². The number of esters is 1. The monoisotopic (exact) mass is 311 g/mol. The zero-order chi connectivity index (χ0) is 16.2. The van der Waals surface area contributed by atoms with Gasteiger partial charge in [-0.2, -0.15) is 13.2 Å². The Kier molecular flexibility index (Phi) is 4.65. The number of nitrogens with zero attached hydrogens (tertiary/aromatic N) is 1. The molecule has 2 aromatic rings. The molecule has 4 nitrogen and oxygen atoms in total. The zero-order valence-corrected chi connectivity index (χ0v) is 11.6. The molecule has 0 spiro atoms. The highest BCUT2D eigenvalue weighted by atomic mass is 19.4. The maximum Gasteiger partial charge on any atom is 0.416 e. The van der Waals surface area contributed by atoms with Crippen LogP contribution in [0.5, 0.6) is 11.6 Å². The first-order valence-corrected chi connectivity index (χ1v) is 6.38. The molecule has 0 saturated carbocycles. The van der Waals surface area contributed by atoms with Gasteiger partial charge in [0.15, 0.2) is 0 Å².